The lowest BCUT2D eigenvalue weighted by atomic mass is 10.1. The monoisotopic (exact) mass is 367 g/mol. The van der Waals surface area contributed by atoms with E-state index in [2.05, 4.69) is 16.0 Å². The maximum atomic E-state index is 11.4. The number of aryl methyl sites for hydroxylation is 1. The van der Waals surface area contributed by atoms with Gasteiger partial charge in [0.05, 0.1) is 16.6 Å². The van der Waals surface area contributed by atoms with Gasteiger partial charge in [-0.05, 0) is 43.7 Å². The molecule has 5 nitrogen and oxygen atoms in total. The molecule has 0 bridgehead atoms. The average molecular weight is 367 g/mol. The Labute approximate surface area is 162 Å². The Balaban J connectivity index is 1.65. The van der Waals surface area contributed by atoms with Gasteiger partial charge in [-0.2, -0.15) is 5.26 Å². The highest BCUT2D eigenvalue weighted by Gasteiger charge is 2.10. The molecule has 2 aromatic heterocycles. The van der Waals surface area contributed by atoms with Gasteiger partial charge in [-0.25, -0.2) is 4.98 Å². The third-order valence-corrected chi connectivity index (χ3v) is 4.50. The number of carbonyl (C=O) groups excluding carboxylic acids is 1. The van der Waals surface area contributed by atoms with E-state index in [0.29, 0.717) is 28.5 Å². The number of imidazole rings is 1. The summed E-state index contributed by atoms with van der Waals surface area (Å²) in [5.74, 6) is 1.75. The normalized spacial score (nSPS) is 11.5. The van der Waals surface area contributed by atoms with E-state index in [1.807, 2.05) is 43.3 Å². The number of ketones is 1. The molecule has 0 atom stereocenters. The van der Waals surface area contributed by atoms with E-state index >= 15 is 0 Å². The zero-order valence-electron chi connectivity index (χ0n) is 15.5. The first kappa shape index (κ1) is 17.5. The van der Waals surface area contributed by atoms with Crippen LogP contribution in [0, 0.1) is 18.3 Å². The van der Waals surface area contributed by atoms with Crippen molar-refractivity contribution < 1.29 is 9.21 Å². The van der Waals surface area contributed by atoms with E-state index < -0.39 is 0 Å². The Morgan fingerprint density at radius 1 is 1.14 bits per heavy atom. The molecule has 0 fully saturated rings. The summed E-state index contributed by atoms with van der Waals surface area (Å²) in [6.45, 7) is 3.54. The molecule has 28 heavy (non-hydrogen) atoms. The number of carbonyl (C=O) groups is 1. The quantitative estimate of drug-likeness (QED) is 0.387. The number of nitrogens with zero attached hydrogens (tertiary/aromatic N) is 2. The summed E-state index contributed by atoms with van der Waals surface area (Å²) in [7, 11) is 0. The molecule has 1 N–H and O–H groups in total. The fourth-order valence-corrected chi connectivity index (χ4v) is 3.00. The highest BCUT2D eigenvalue weighted by molar-refractivity contribution is 5.94. The van der Waals surface area contributed by atoms with Gasteiger partial charge in [-0.1, -0.05) is 30.3 Å². The number of H-pyrrole nitrogens is 1. The number of aromatic amines is 1. The lowest BCUT2D eigenvalue weighted by Crippen LogP contribution is -1.90. The predicted molar refractivity (Wildman–Crippen MR) is 108 cm³/mol. The van der Waals surface area contributed by atoms with Crippen molar-refractivity contribution in [1.82, 2.24) is 9.97 Å². The average Bonchev–Trinajstić information content (AvgIpc) is 3.32. The molecule has 136 valence electrons. The molecule has 0 unspecified atom stereocenters. The van der Waals surface area contributed by atoms with Gasteiger partial charge in [0.25, 0.3) is 0 Å². The van der Waals surface area contributed by atoms with Crippen molar-refractivity contribution in [3.05, 3.63) is 77.3 Å². The minimum atomic E-state index is 0.0225. The van der Waals surface area contributed by atoms with Crippen molar-refractivity contribution >= 4 is 28.5 Å². The molecule has 2 heterocycles. The molecule has 2 aromatic carbocycles. The second kappa shape index (κ2) is 7.01. The van der Waals surface area contributed by atoms with Gasteiger partial charge >= 0.3 is 0 Å². The molecule has 4 rings (SSSR count). The predicted octanol–water partition coefficient (Wildman–Crippen LogP) is 5.40. The van der Waals surface area contributed by atoms with E-state index in [4.69, 9.17) is 4.42 Å². The van der Waals surface area contributed by atoms with Crippen molar-refractivity contribution in [2.24, 2.45) is 0 Å². The molecule has 0 amide bonds. The van der Waals surface area contributed by atoms with Gasteiger partial charge in [-0.15, -0.1) is 0 Å². The Hall–Kier alpha value is -3.91. The Morgan fingerprint density at radius 3 is 2.64 bits per heavy atom. The van der Waals surface area contributed by atoms with Crippen LogP contribution in [0.15, 0.2) is 59.0 Å². The van der Waals surface area contributed by atoms with Crippen molar-refractivity contribution in [1.29, 1.82) is 5.26 Å². The number of benzene rings is 2. The van der Waals surface area contributed by atoms with Crippen LogP contribution < -0.4 is 0 Å². The first-order valence-corrected chi connectivity index (χ1v) is 8.83. The van der Waals surface area contributed by atoms with Crippen LogP contribution in [-0.2, 0) is 0 Å². The number of nitriles is 1. The summed E-state index contributed by atoms with van der Waals surface area (Å²) < 4.78 is 5.86. The fraction of sp³-hybridized carbons (Fsp3) is 0.0870. The summed E-state index contributed by atoms with van der Waals surface area (Å²) >= 11 is 0. The van der Waals surface area contributed by atoms with E-state index in [0.717, 1.165) is 22.2 Å². The van der Waals surface area contributed by atoms with Gasteiger partial charge in [0.1, 0.15) is 23.4 Å². The molecular formula is C23H17N3O2. The summed E-state index contributed by atoms with van der Waals surface area (Å²) in [4.78, 5) is 19.1. The third kappa shape index (κ3) is 3.36. The smallest absolute Gasteiger partial charge is 0.159 e. The number of nitrogens with one attached hydrogen (secondary N) is 1. The number of hydrogen-bond donors (Lipinski definition) is 1. The van der Waals surface area contributed by atoms with Gasteiger partial charge in [0, 0.05) is 17.2 Å². The SMILES string of the molecule is CC(=O)c1ccc(-c2ccc(/C=C(\C#N)c3nc4ccc(C)cc4[nH]3)o2)cc1. The Bertz CT molecular complexity index is 1250. The van der Waals surface area contributed by atoms with Crippen LogP contribution in [0.25, 0.3) is 34.0 Å². The zero-order valence-corrected chi connectivity index (χ0v) is 15.5. The van der Waals surface area contributed by atoms with Crippen LogP contribution >= 0.6 is 0 Å². The van der Waals surface area contributed by atoms with Gasteiger partial charge < -0.3 is 9.40 Å². The number of hydrogen-bond acceptors (Lipinski definition) is 4. The van der Waals surface area contributed by atoms with E-state index in [-0.39, 0.29) is 5.78 Å². The third-order valence-electron chi connectivity index (χ3n) is 4.50. The van der Waals surface area contributed by atoms with Crippen LogP contribution in [-0.4, -0.2) is 15.8 Å². The lowest BCUT2D eigenvalue weighted by Gasteiger charge is -1.99. The van der Waals surface area contributed by atoms with Crippen LogP contribution in [0.2, 0.25) is 0 Å². The van der Waals surface area contributed by atoms with E-state index in [1.165, 1.54) is 6.92 Å². The van der Waals surface area contributed by atoms with Gasteiger partial charge in [0.2, 0.25) is 0 Å². The van der Waals surface area contributed by atoms with Crippen molar-refractivity contribution in [3.63, 3.8) is 0 Å². The highest BCUT2D eigenvalue weighted by atomic mass is 16.3. The summed E-state index contributed by atoms with van der Waals surface area (Å²) in [5, 5.41) is 9.57. The van der Waals surface area contributed by atoms with Crippen molar-refractivity contribution in [2.75, 3.05) is 0 Å². The number of aromatic nitrogens is 2. The number of Topliss-reactive ketones (excluding diaryl/α,β-unsaturated/α-hetero) is 1. The molecule has 0 radical (unpaired) electrons. The number of fused-ring (bicyclic) bond motifs is 1. The van der Waals surface area contributed by atoms with Crippen LogP contribution in [0.4, 0.5) is 0 Å². The highest BCUT2D eigenvalue weighted by Crippen LogP contribution is 2.26. The summed E-state index contributed by atoms with van der Waals surface area (Å²) in [6.07, 6.45) is 1.66. The fourth-order valence-electron chi connectivity index (χ4n) is 3.00. The molecule has 5 heteroatoms. The molecule has 0 spiro atoms. The van der Waals surface area contributed by atoms with Crippen LogP contribution in [0.1, 0.15) is 34.4 Å². The maximum Gasteiger partial charge on any atom is 0.159 e. The second-order valence-corrected chi connectivity index (χ2v) is 6.61. The molecule has 0 aliphatic heterocycles. The Kier molecular flexibility index (Phi) is 4.38. The van der Waals surface area contributed by atoms with Crippen LogP contribution in [0.3, 0.4) is 0 Å². The number of furan rings is 1. The van der Waals surface area contributed by atoms with Gasteiger partial charge in [-0.3, -0.25) is 4.79 Å². The second-order valence-electron chi connectivity index (χ2n) is 6.61. The molecule has 0 aliphatic rings. The first-order chi connectivity index (χ1) is 13.5. The first-order valence-electron chi connectivity index (χ1n) is 8.83. The number of rotatable bonds is 4. The topological polar surface area (TPSA) is 82.7 Å². The van der Waals surface area contributed by atoms with Gasteiger partial charge in [0.15, 0.2) is 5.78 Å². The minimum Gasteiger partial charge on any atom is -0.457 e. The summed E-state index contributed by atoms with van der Waals surface area (Å²) in [6, 6.07) is 19.0. The number of allylic oxidation sites excluding steroid dienone is 1. The maximum absolute atomic E-state index is 11.4. The zero-order chi connectivity index (χ0) is 19.7. The molecule has 0 saturated carbocycles. The molecular weight excluding hydrogens is 350 g/mol. The van der Waals surface area contributed by atoms with Crippen molar-refractivity contribution in [2.45, 2.75) is 13.8 Å². The molecule has 0 aliphatic carbocycles. The largest absolute Gasteiger partial charge is 0.457 e. The molecule has 0 saturated heterocycles. The molecule has 4 aromatic rings. The van der Waals surface area contributed by atoms with Crippen LogP contribution in [0.5, 0.6) is 0 Å². The Morgan fingerprint density at radius 2 is 1.93 bits per heavy atom. The summed E-state index contributed by atoms with van der Waals surface area (Å²) in [5.41, 5.74) is 4.73. The van der Waals surface area contributed by atoms with Crippen molar-refractivity contribution in [3.8, 4) is 17.4 Å². The minimum absolute atomic E-state index is 0.0225. The standard InChI is InChI=1S/C23H17N3O2/c1-14-3-9-20-21(11-14)26-23(25-20)18(13-24)12-19-8-10-22(28-19)17-6-4-16(5-7-17)15(2)27/h3-12H,1-2H3,(H,25,26)/b18-12+. The lowest BCUT2D eigenvalue weighted by molar-refractivity contribution is 0.101. The van der Waals surface area contributed by atoms with E-state index in [1.54, 1.807) is 24.3 Å². The van der Waals surface area contributed by atoms with E-state index in [9.17, 15) is 10.1 Å².